The summed E-state index contributed by atoms with van der Waals surface area (Å²) >= 11 is 3.37. The van der Waals surface area contributed by atoms with E-state index in [2.05, 4.69) is 31.3 Å². The van der Waals surface area contributed by atoms with Crippen LogP contribution in [0.4, 0.5) is 23.2 Å². The summed E-state index contributed by atoms with van der Waals surface area (Å²) in [6, 6.07) is 19.3. The summed E-state index contributed by atoms with van der Waals surface area (Å²) in [5, 5.41) is 7.03. The van der Waals surface area contributed by atoms with Gasteiger partial charge in [-0.3, -0.25) is 9.59 Å². The van der Waals surface area contributed by atoms with Gasteiger partial charge in [0.05, 0.1) is 29.8 Å². The molecule has 0 aliphatic rings. The maximum Gasteiger partial charge on any atom is 0.416 e. The number of ether oxygens (including phenoxy) is 2. The number of hydrogen-bond donors (Lipinski definition) is 1. The molecule has 44 heavy (non-hydrogen) atoms. The molecule has 0 atom stereocenters. The van der Waals surface area contributed by atoms with Gasteiger partial charge in [-0.25, -0.2) is 9.37 Å². The smallest absolute Gasteiger partial charge is 0.416 e. The summed E-state index contributed by atoms with van der Waals surface area (Å²) in [5.41, 5.74) is -0.778. The van der Waals surface area contributed by atoms with Gasteiger partial charge in [0.25, 0.3) is 11.5 Å². The van der Waals surface area contributed by atoms with Crippen LogP contribution in [-0.2, 0) is 11.0 Å². The van der Waals surface area contributed by atoms with Crippen LogP contribution in [0.5, 0.6) is 11.5 Å². The molecule has 0 aliphatic heterocycles. The molecule has 4 aromatic carbocycles. The molecule has 224 valence electrons. The van der Waals surface area contributed by atoms with Gasteiger partial charge in [0.15, 0.2) is 23.9 Å². The number of carbonyl (C=O) groups excluding carboxylic acids is 1. The van der Waals surface area contributed by atoms with Crippen LogP contribution in [-0.4, -0.2) is 35.5 Å². The van der Waals surface area contributed by atoms with Crippen LogP contribution in [0.3, 0.4) is 0 Å². The molecule has 0 fully saturated rings. The molecule has 0 saturated heterocycles. The highest BCUT2D eigenvalue weighted by Crippen LogP contribution is 2.35. The van der Waals surface area contributed by atoms with Crippen molar-refractivity contribution in [1.82, 2.24) is 9.66 Å². The average molecular weight is 669 g/mol. The van der Waals surface area contributed by atoms with Crippen molar-refractivity contribution in [2.24, 2.45) is 5.10 Å². The topological polar surface area (TPSA) is 94.8 Å². The quantitative estimate of drug-likeness (QED) is 0.144. The number of carbonyl (C=O) groups is 1. The Balaban J connectivity index is 1.56. The number of anilines is 1. The molecule has 1 N–H and O–H groups in total. The maximum atomic E-state index is 13.6. The Morgan fingerprint density at radius 1 is 1.05 bits per heavy atom. The first-order valence-electron chi connectivity index (χ1n) is 12.8. The Labute approximate surface area is 255 Å². The van der Waals surface area contributed by atoms with Crippen molar-refractivity contribution >= 4 is 44.6 Å². The minimum Gasteiger partial charge on any atom is -0.493 e. The van der Waals surface area contributed by atoms with Gasteiger partial charge in [-0.1, -0.05) is 46.3 Å². The number of nitrogens with zero attached hydrogens (tertiary/aromatic N) is 3. The normalized spacial score (nSPS) is 11.6. The summed E-state index contributed by atoms with van der Waals surface area (Å²) in [7, 11) is 1.38. The van der Waals surface area contributed by atoms with E-state index in [1.807, 2.05) is 0 Å². The molecule has 0 spiro atoms. The lowest BCUT2D eigenvalue weighted by Crippen LogP contribution is -2.21. The summed E-state index contributed by atoms with van der Waals surface area (Å²) in [4.78, 5) is 30.6. The zero-order valence-electron chi connectivity index (χ0n) is 22.7. The second kappa shape index (κ2) is 12.7. The molecule has 5 aromatic rings. The third-order valence-corrected chi connectivity index (χ3v) is 6.70. The number of rotatable bonds is 8. The van der Waals surface area contributed by atoms with Gasteiger partial charge in [0.2, 0.25) is 0 Å². The van der Waals surface area contributed by atoms with Crippen LogP contribution in [0.25, 0.3) is 22.3 Å². The van der Waals surface area contributed by atoms with Gasteiger partial charge in [-0.05, 0) is 54.6 Å². The molecule has 1 aromatic heterocycles. The number of amides is 1. The lowest BCUT2D eigenvalue weighted by atomic mass is 10.1. The first-order valence-corrected chi connectivity index (χ1v) is 13.6. The second-order valence-corrected chi connectivity index (χ2v) is 10.2. The second-order valence-electron chi connectivity index (χ2n) is 9.27. The van der Waals surface area contributed by atoms with Crippen molar-refractivity contribution < 1.29 is 31.8 Å². The number of fused-ring (bicyclic) bond motifs is 1. The molecule has 13 heteroatoms. The predicted octanol–water partition coefficient (Wildman–Crippen LogP) is 6.89. The number of para-hydroxylation sites is 1. The highest BCUT2D eigenvalue weighted by atomic mass is 79.9. The molecule has 8 nitrogen and oxygen atoms in total. The Morgan fingerprint density at radius 2 is 1.82 bits per heavy atom. The van der Waals surface area contributed by atoms with Gasteiger partial charge in [-0.15, -0.1) is 0 Å². The zero-order valence-corrected chi connectivity index (χ0v) is 24.3. The third-order valence-electron chi connectivity index (χ3n) is 6.24. The zero-order chi connectivity index (χ0) is 31.4. The summed E-state index contributed by atoms with van der Waals surface area (Å²) in [5.74, 6) is -0.961. The molecule has 1 heterocycles. The number of hydrogen-bond acceptors (Lipinski definition) is 6. The van der Waals surface area contributed by atoms with E-state index in [1.54, 1.807) is 30.3 Å². The van der Waals surface area contributed by atoms with Crippen LogP contribution < -0.4 is 20.3 Å². The predicted molar refractivity (Wildman–Crippen MR) is 161 cm³/mol. The summed E-state index contributed by atoms with van der Waals surface area (Å²) in [6.45, 7) is -0.498. The van der Waals surface area contributed by atoms with E-state index in [1.165, 1.54) is 49.7 Å². The van der Waals surface area contributed by atoms with Crippen molar-refractivity contribution in [3.63, 3.8) is 0 Å². The number of alkyl halides is 3. The number of aromatic nitrogens is 2. The monoisotopic (exact) mass is 668 g/mol. The molecular formula is C31H21BrF4N4O4. The van der Waals surface area contributed by atoms with E-state index in [4.69, 9.17) is 9.47 Å². The number of methoxy groups -OCH3 is 1. The van der Waals surface area contributed by atoms with Crippen molar-refractivity contribution in [3.8, 4) is 22.9 Å². The Bertz CT molecular complexity index is 1960. The molecule has 0 aliphatic carbocycles. The Morgan fingerprint density at radius 3 is 2.57 bits per heavy atom. The van der Waals surface area contributed by atoms with Gasteiger partial charge in [0.1, 0.15) is 5.82 Å². The van der Waals surface area contributed by atoms with E-state index in [9.17, 15) is 27.2 Å². The molecule has 0 saturated carbocycles. The van der Waals surface area contributed by atoms with Gasteiger partial charge in [-0.2, -0.15) is 22.9 Å². The molecule has 1 amide bonds. The van der Waals surface area contributed by atoms with Crippen molar-refractivity contribution in [2.45, 2.75) is 6.18 Å². The molecular weight excluding hydrogens is 648 g/mol. The SMILES string of the molecule is COc1cc(Br)cc(C=Nn2c(-c3cccc(C(F)(F)F)c3)nc3ccccc3c2=O)c1OCC(=O)Nc1cccc(F)c1. The number of benzene rings is 4. The van der Waals surface area contributed by atoms with Crippen molar-refractivity contribution in [2.75, 3.05) is 19.0 Å². The van der Waals surface area contributed by atoms with Gasteiger partial charge >= 0.3 is 6.18 Å². The first-order chi connectivity index (χ1) is 21.0. The lowest BCUT2D eigenvalue weighted by molar-refractivity contribution is -0.137. The molecule has 0 unspecified atom stereocenters. The highest BCUT2D eigenvalue weighted by molar-refractivity contribution is 9.10. The minimum atomic E-state index is -4.62. The highest BCUT2D eigenvalue weighted by Gasteiger charge is 2.31. The van der Waals surface area contributed by atoms with Gasteiger partial charge in [0, 0.05) is 21.3 Å². The molecule has 5 rings (SSSR count). The third kappa shape index (κ3) is 6.78. The van der Waals surface area contributed by atoms with Crippen LogP contribution in [0.1, 0.15) is 11.1 Å². The Kier molecular flexibility index (Phi) is 8.76. The summed E-state index contributed by atoms with van der Waals surface area (Å²) < 4.78 is 66.7. The summed E-state index contributed by atoms with van der Waals surface area (Å²) in [6.07, 6.45) is -3.39. The number of halogens is 5. The molecule has 0 bridgehead atoms. The number of nitrogens with one attached hydrogen (secondary N) is 1. The van der Waals surface area contributed by atoms with E-state index >= 15 is 0 Å². The first kappa shape index (κ1) is 30.4. The van der Waals surface area contributed by atoms with Crippen LogP contribution in [0.15, 0.2) is 99.3 Å². The minimum absolute atomic E-state index is 0.0112. The fraction of sp³-hybridized carbons (Fsp3) is 0.0968. The van der Waals surface area contributed by atoms with E-state index in [0.717, 1.165) is 22.9 Å². The maximum absolute atomic E-state index is 13.6. The lowest BCUT2D eigenvalue weighted by Gasteiger charge is -2.15. The Hall–Kier alpha value is -5.04. The van der Waals surface area contributed by atoms with E-state index in [-0.39, 0.29) is 45.0 Å². The standard InChI is InChI=1S/C31H21BrF4N4O4/c1-43-26-14-21(32)13-19(28(26)44-17-27(41)38-23-9-5-8-22(33)15-23)16-37-40-29(18-6-4-7-20(12-18)31(34,35)36)39-25-11-3-2-10-24(25)30(40)42/h2-16H,17H2,1H3,(H,38,41). The largest absolute Gasteiger partial charge is 0.493 e. The average Bonchev–Trinajstić information content (AvgIpc) is 2.99. The fourth-order valence-electron chi connectivity index (χ4n) is 4.26. The van der Waals surface area contributed by atoms with Gasteiger partial charge < -0.3 is 14.8 Å². The van der Waals surface area contributed by atoms with Crippen LogP contribution >= 0.6 is 15.9 Å². The van der Waals surface area contributed by atoms with E-state index in [0.29, 0.717) is 4.47 Å². The van der Waals surface area contributed by atoms with Crippen LogP contribution in [0.2, 0.25) is 0 Å². The van der Waals surface area contributed by atoms with Crippen molar-refractivity contribution in [3.05, 3.63) is 117 Å². The van der Waals surface area contributed by atoms with Crippen LogP contribution in [0, 0.1) is 5.82 Å². The van der Waals surface area contributed by atoms with Crippen molar-refractivity contribution in [1.29, 1.82) is 0 Å². The molecule has 0 radical (unpaired) electrons. The fourth-order valence-corrected chi connectivity index (χ4v) is 4.72. The van der Waals surface area contributed by atoms with E-state index < -0.39 is 35.6 Å².